The maximum Gasteiger partial charge on any atom is 0.311 e. The third-order valence-electron chi connectivity index (χ3n) is 5.11. The van der Waals surface area contributed by atoms with Crippen molar-refractivity contribution in [1.82, 2.24) is 4.90 Å². The Morgan fingerprint density at radius 2 is 1.77 bits per heavy atom. The normalized spacial score (nSPS) is 16.8. The lowest BCUT2D eigenvalue weighted by molar-refractivity contribution is -0.147. The van der Waals surface area contributed by atoms with Crippen molar-refractivity contribution in [1.29, 1.82) is 0 Å². The number of rotatable bonds is 7. The average molecular weight is 408 g/mol. The van der Waals surface area contributed by atoms with E-state index in [1.165, 1.54) is 6.92 Å². The molecule has 1 N–H and O–H groups in total. The maximum atomic E-state index is 12.4. The monoisotopic (exact) mass is 408 g/mol. The molecule has 3 rings (SSSR count). The first kappa shape index (κ1) is 21.2. The molecule has 1 aliphatic rings. The van der Waals surface area contributed by atoms with E-state index >= 15 is 0 Å². The van der Waals surface area contributed by atoms with Gasteiger partial charge in [0.05, 0.1) is 12.0 Å². The van der Waals surface area contributed by atoms with Gasteiger partial charge in [-0.3, -0.25) is 19.2 Å². The molecule has 0 radical (unpaired) electrons. The summed E-state index contributed by atoms with van der Waals surface area (Å²) in [4.78, 5) is 49.8. The number of likely N-dealkylation sites (tertiary alicyclic amines) is 1. The summed E-state index contributed by atoms with van der Waals surface area (Å²) in [6.07, 6.45) is 0.0790. The van der Waals surface area contributed by atoms with Crippen LogP contribution < -0.4 is 5.32 Å². The van der Waals surface area contributed by atoms with Crippen molar-refractivity contribution in [2.24, 2.45) is 5.92 Å². The summed E-state index contributed by atoms with van der Waals surface area (Å²) in [5.41, 5.74) is 1.95. The van der Waals surface area contributed by atoms with Gasteiger partial charge < -0.3 is 15.0 Å². The molecule has 1 fully saturated rings. The van der Waals surface area contributed by atoms with E-state index in [0.717, 1.165) is 5.56 Å². The number of ketones is 1. The van der Waals surface area contributed by atoms with Crippen LogP contribution in [0, 0.1) is 5.92 Å². The molecule has 0 spiro atoms. The van der Waals surface area contributed by atoms with Gasteiger partial charge in [-0.15, -0.1) is 0 Å². The minimum atomic E-state index is -0.585. The molecule has 7 heteroatoms. The molecule has 30 heavy (non-hydrogen) atoms. The number of hydrogen-bond acceptors (Lipinski definition) is 5. The average Bonchev–Trinajstić information content (AvgIpc) is 3.13. The van der Waals surface area contributed by atoms with Gasteiger partial charge in [0.15, 0.2) is 12.4 Å². The molecule has 0 aromatic heterocycles. The summed E-state index contributed by atoms with van der Waals surface area (Å²) in [6.45, 7) is 3.20. The van der Waals surface area contributed by atoms with E-state index in [2.05, 4.69) is 5.32 Å². The van der Waals surface area contributed by atoms with Crippen molar-refractivity contribution >= 4 is 29.3 Å². The molecule has 1 heterocycles. The summed E-state index contributed by atoms with van der Waals surface area (Å²) in [7, 11) is 0. The lowest BCUT2D eigenvalue weighted by atomic mass is 10.1. The molecule has 1 aliphatic heterocycles. The predicted molar refractivity (Wildman–Crippen MR) is 111 cm³/mol. The number of nitrogens with zero attached hydrogens (tertiary/aromatic N) is 1. The zero-order valence-electron chi connectivity index (χ0n) is 17.0. The molecular formula is C23H24N2O5. The number of amides is 2. The largest absolute Gasteiger partial charge is 0.457 e. The summed E-state index contributed by atoms with van der Waals surface area (Å²) in [6, 6.07) is 15.8. The quantitative estimate of drug-likeness (QED) is 0.562. The SMILES string of the molecule is CC(=O)Nc1ccc(C(=O)COC(=O)[C@@H]2CC(=O)N([C@@H](C)c3ccccc3)C2)cc1. The van der Waals surface area contributed by atoms with Gasteiger partial charge in [-0.2, -0.15) is 0 Å². The Morgan fingerprint density at radius 1 is 1.10 bits per heavy atom. The van der Waals surface area contributed by atoms with Crippen LogP contribution in [0.4, 0.5) is 5.69 Å². The van der Waals surface area contributed by atoms with Crippen molar-refractivity contribution in [3.63, 3.8) is 0 Å². The highest BCUT2D eigenvalue weighted by Gasteiger charge is 2.38. The molecule has 2 amide bonds. The first-order chi connectivity index (χ1) is 14.3. The molecule has 0 aliphatic carbocycles. The molecule has 2 aromatic carbocycles. The van der Waals surface area contributed by atoms with Crippen LogP contribution >= 0.6 is 0 Å². The Kier molecular flexibility index (Phi) is 6.61. The van der Waals surface area contributed by atoms with Crippen molar-refractivity contribution in [3.8, 4) is 0 Å². The van der Waals surface area contributed by atoms with Gasteiger partial charge in [0.1, 0.15) is 0 Å². The van der Waals surface area contributed by atoms with Crippen molar-refractivity contribution in [3.05, 3.63) is 65.7 Å². The van der Waals surface area contributed by atoms with Crippen molar-refractivity contribution in [2.75, 3.05) is 18.5 Å². The molecular weight excluding hydrogens is 384 g/mol. The molecule has 2 aromatic rings. The minimum absolute atomic E-state index is 0.0790. The highest BCUT2D eigenvalue weighted by Crippen LogP contribution is 2.29. The Bertz CT molecular complexity index is 940. The topological polar surface area (TPSA) is 92.8 Å². The Morgan fingerprint density at radius 3 is 2.40 bits per heavy atom. The zero-order chi connectivity index (χ0) is 21.7. The molecule has 7 nitrogen and oxygen atoms in total. The fourth-order valence-corrected chi connectivity index (χ4v) is 3.46. The molecule has 0 unspecified atom stereocenters. The van der Waals surface area contributed by atoms with Crippen LogP contribution in [-0.4, -0.2) is 41.6 Å². The summed E-state index contributed by atoms with van der Waals surface area (Å²) in [5, 5.41) is 2.62. The highest BCUT2D eigenvalue weighted by atomic mass is 16.5. The van der Waals surface area contributed by atoms with E-state index in [4.69, 9.17) is 4.74 Å². The number of nitrogens with one attached hydrogen (secondary N) is 1. The van der Waals surface area contributed by atoms with Crippen LogP contribution in [0.25, 0.3) is 0 Å². The smallest absolute Gasteiger partial charge is 0.311 e. The van der Waals surface area contributed by atoms with Gasteiger partial charge in [-0.25, -0.2) is 0 Å². The lowest BCUT2D eigenvalue weighted by Crippen LogP contribution is -2.30. The van der Waals surface area contributed by atoms with Crippen LogP contribution in [-0.2, 0) is 19.1 Å². The highest BCUT2D eigenvalue weighted by molar-refractivity contribution is 5.99. The van der Waals surface area contributed by atoms with Crippen molar-refractivity contribution < 1.29 is 23.9 Å². The third kappa shape index (κ3) is 5.11. The summed E-state index contributed by atoms with van der Waals surface area (Å²) >= 11 is 0. The molecule has 156 valence electrons. The summed E-state index contributed by atoms with van der Waals surface area (Å²) in [5.74, 6) is -1.79. The van der Waals surface area contributed by atoms with Crippen LogP contribution in [0.5, 0.6) is 0 Å². The van der Waals surface area contributed by atoms with E-state index in [9.17, 15) is 19.2 Å². The second-order valence-corrected chi connectivity index (χ2v) is 7.32. The van der Waals surface area contributed by atoms with Crippen LogP contribution in [0.1, 0.15) is 42.2 Å². The molecule has 2 atom stereocenters. The van der Waals surface area contributed by atoms with E-state index in [0.29, 0.717) is 11.3 Å². The first-order valence-electron chi connectivity index (χ1n) is 9.77. The molecule has 0 saturated carbocycles. The fourth-order valence-electron chi connectivity index (χ4n) is 3.46. The molecule has 0 bridgehead atoms. The number of anilines is 1. The van der Waals surface area contributed by atoms with E-state index in [-0.39, 0.29) is 36.6 Å². The Labute approximate surface area is 175 Å². The van der Waals surface area contributed by atoms with Crippen LogP contribution in [0.15, 0.2) is 54.6 Å². The second kappa shape index (κ2) is 9.35. The number of ether oxygens (including phenoxy) is 1. The minimum Gasteiger partial charge on any atom is -0.457 e. The molecule has 1 saturated heterocycles. The van der Waals surface area contributed by atoms with Gasteiger partial charge in [0.2, 0.25) is 11.8 Å². The van der Waals surface area contributed by atoms with E-state index < -0.39 is 18.5 Å². The number of esters is 1. The van der Waals surface area contributed by atoms with Gasteiger partial charge in [0.25, 0.3) is 0 Å². The number of benzene rings is 2. The first-order valence-corrected chi connectivity index (χ1v) is 9.77. The maximum absolute atomic E-state index is 12.4. The van der Waals surface area contributed by atoms with E-state index in [1.807, 2.05) is 37.3 Å². The standard InChI is InChI=1S/C23H24N2O5/c1-15(17-6-4-3-5-7-17)25-13-19(12-22(25)28)23(29)30-14-21(27)18-8-10-20(11-9-18)24-16(2)26/h3-11,15,19H,12-14H2,1-2H3,(H,24,26)/t15-,19+/m0/s1. The second-order valence-electron chi connectivity index (χ2n) is 7.32. The lowest BCUT2D eigenvalue weighted by Gasteiger charge is -2.25. The Hall–Kier alpha value is -3.48. The number of hydrogen-bond donors (Lipinski definition) is 1. The van der Waals surface area contributed by atoms with Gasteiger partial charge in [-0.05, 0) is 36.8 Å². The third-order valence-corrected chi connectivity index (χ3v) is 5.11. The van der Waals surface area contributed by atoms with Crippen LogP contribution in [0.2, 0.25) is 0 Å². The van der Waals surface area contributed by atoms with Crippen molar-refractivity contribution in [2.45, 2.75) is 26.3 Å². The Balaban J connectivity index is 1.53. The predicted octanol–water partition coefficient (Wildman–Crippen LogP) is 2.98. The zero-order valence-corrected chi connectivity index (χ0v) is 17.0. The van der Waals surface area contributed by atoms with E-state index in [1.54, 1.807) is 29.2 Å². The number of carbonyl (C=O) groups is 4. The number of carbonyl (C=O) groups excluding carboxylic acids is 4. The van der Waals surface area contributed by atoms with Gasteiger partial charge in [0, 0.05) is 31.1 Å². The summed E-state index contributed by atoms with van der Waals surface area (Å²) < 4.78 is 5.18. The number of Topliss-reactive ketones (excluding diaryl/α,β-unsaturated/α-hetero) is 1. The van der Waals surface area contributed by atoms with Gasteiger partial charge >= 0.3 is 5.97 Å². The van der Waals surface area contributed by atoms with Crippen LogP contribution in [0.3, 0.4) is 0 Å². The van der Waals surface area contributed by atoms with Gasteiger partial charge in [-0.1, -0.05) is 30.3 Å². The fraction of sp³-hybridized carbons (Fsp3) is 0.304.